The van der Waals surface area contributed by atoms with Crippen molar-refractivity contribution in [1.29, 1.82) is 0 Å². The smallest absolute Gasteiger partial charge is 0.134 e. The van der Waals surface area contributed by atoms with Gasteiger partial charge < -0.3 is 15.1 Å². The molecule has 1 atom stereocenters. The fraction of sp³-hybridized carbons (Fsp3) is 0.714. The van der Waals surface area contributed by atoms with Gasteiger partial charge in [0.05, 0.1) is 0 Å². The third-order valence-electron chi connectivity index (χ3n) is 3.86. The van der Waals surface area contributed by atoms with E-state index < -0.39 is 0 Å². The van der Waals surface area contributed by atoms with Crippen molar-refractivity contribution in [3.63, 3.8) is 0 Å². The van der Waals surface area contributed by atoms with Gasteiger partial charge in [-0.3, -0.25) is 0 Å². The van der Waals surface area contributed by atoms with E-state index >= 15 is 0 Å². The number of likely N-dealkylation sites (N-methyl/N-ethyl adjacent to an activating group) is 1. The van der Waals surface area contributed by atoms with E-state index in [2.05, 4.69) is 45.1 Å². The van der Waals surface area contributed by atoms with Crippen LogP contribution in [0.2, 0.25) is 0 Å². The number of nitrogens with one attached hydrogen (secondary N) is 1. The van der Waals surface area contributed by atoms with Crippen LogP contribution in [0, 0.1) is 0 Å². The van der Waals surface area contributed by atoms with Gasteiger partial charge in [-0.05, 0) is 33.2 Å². The predicted molar refractivity (Wildman–Crippen MR) is 79.9 cm³/mol. The summed E-state index contributed by atoms with van der Waals surface area (Å²) in [5.74, 6) is 2.06. The molecule has 106 valence electrons. The van der Waals surface area contributed by atoms with E-state index in [1.54, 1.807) is 6.33 Å². The molecule has 0 aliphatic carbocycles. The van der Waals surface area contributed by atoms with Crippen molar-refractivity contribution >= 4 is 11.6 Å². The van der Waals surface area contributed by atoms with Crippen LogP contribution < -0.4 is 15.1 Å². The average molecular weight is 263 g/mol. The number of hydrogen-bond acceptors (Lipinski definition) is 5. The Hall–Kier alpha value is -1.36. The molecule has 0 saturated carbocycles. The SMILES string of the molecule is CCN(C)c1cc(N2CCCCC2CNC)ncn1. The summed E-state index contributed by atoms with van der Waals surface area (Å²) in [4.78, 5) is 13.4. The molecule has 0 radical (unpaired) electrons. The van der Waals surface area contributed by atoms with Gasteiger partial charge in [-0.25, -0.2) is 9.97 Å². The fourth-order valence-electron chi connectivity index (χ4n) is 2.62. The first kappa shape index (κ1) is 14.1. The maximum absolute atomic E-state index is 4.47. The summed E-state index contributed by atoms with van der Waals surface area (Å²) in [6.45, 7) is 5.20. The minimum absolute atomic E-state index is 0.549. The Morgan fingerprint density at radius 1 is 1.42 bits per heavy atom. The first-order valence-electron chi connectivity index (χ1n) is 7.20. The lowest BCUT2D eigenvalue weighted by Crippen LogP contribution is -2.45. The van der Waals surface area contributed by atoms with Crippen molar-refractivity contribution in [2.45, 2.75) is 32.2 Å². The molecular weight excluding hydrogens is 238 g/mol. The summed E-state index contributed by atoms with van der Waals surface area (Å²) in [7, 11) is 4.08. The molecule has 1 aliphatic rings. The molecule has 1 fully saturated rings. The van der Waals surface area contributed by atoms with Crippen LogP contribution in [0.4, 0.5) is 11.6 Å². The van der Waals surface area contributed by atoms with E-state index in [1.165, 1.54) is 19.3 Å². The Labute approximate surface area is 116 Å². The minimum Gasteiger partial charge on any atom is -0.360 e. The Balaban J connectivity index is 2.18. The average Bonchev–Trinajstić information content (AvgIpc) is 2.47. The molecule has 1 aromatic heterocycles. The standard InChI is InChI=1S/C14H25N5/c1-4-18(3)13-9-14(17-11-16-13)19-8-6-5-7-12(19)10-15-2/h9,11-12,15H,4-8,10H2,1-3H3. The molecule has 1 N–H and O–H groups in total. The molecule has 5 heteroatoms. The molecule has 1 aliphatic heterocycles. The summed E-state index contributed by atoms with van der Waals surface area (Å²) in [6.07, 6.45) is 5.49. The second-order valence-electron chi connectivity index (χ2n) is 5.15. The molecule has 1 unspecified atom stereocenters. The summed E-state index contributed by atoms with van der Waals surface area (Å²) < 4.78 is 0. The van der Waals surface area contributed by atoms with E-state index in [1.807, 2.05) is 7.05 Å². The molecule has 0 aromatic carbocycles. The number of anilines is 2. The zero-order valence-corrected chi connectivity index (χ0v) is 12.3. The van der Waals surface area contributed by atoms with Gasteiger partial charge in [0.2, 0.25) is 0 Å². The largest absolute Gasteiger partial charge is 0.360 e. The van der Waals surface area contributed by atoms with Gasteiger partial charge >= 0.3 is 0 Å². The van der Waals surface area contributed by atoms with Gasteiger partial charge in [0, 0.05) is 38.8 Å². The highest BCUT2D eigenvalue weighted by Gasteiger charge is 2.23. The Morgan fingerprint density at radius 2 is 2.26 bits per heavy atom. The van der Waals surface area contributed by atoms with Crippen molar-refractivity contribution in [2.75, 3.05) is 43.5 Å². The highest BCUT2D eigenvalue weighted by atomic mass is 15.2. The monoisotopic (exact) mass is 263 g/mol. The number of rotatable bonds is 5. The summed E-state index contributed by atoms with van der Waals surface area (Å²) in [5.41, 5.74) is 0. The molecule has 2 heterocycles. The van der Waals surface area contributed by atoms with Crippen LogP contribution in [0.3, 0.4) is 0 Å². The van der Waals surface area contributed by atoms with E-state index in [9.17, 15) is 0 Å². The van der Waals surface area contributed by atoms with Gasteiger partial charge in [0.25, 0.3) is 0 Å². The normalized spacial score (nSPS) is 19.5. The van der Waals surface area contributed by atoms with Crippen molar-refractivity contribution in [1.82, 2.24) is 15.3 Å². The third-order valence-corrected chi connectivity index (χ3v) is 3.86. The highest BCUT2D eigenvalue weighted by Crippen LogP contribution is 2.24. The first-order chi connectivity index (χ1) is 9.26. The second kappa shape index (κ2) is 6.70. The van der Waals surface area contributed by atoms with Crippen LogP contribution in [0.15, 0.2) is 12.4 Å². The van der Waals surface area contributed by atoms with Crippen LogP contribution in [-0.2, 0) is 0 Å². The summed E-state index contributed by atoms with van der Waals surface area (Å²) >= 11 is 0. The van der Waals surface area contributed by atoms with E-state index in [4.69, 9.17) is 0 Å². The van der Waals surface area contributed by atoms with Crippen molar-refractivity contribution in [3.8, 4) is 0 Å². The fourth-order valence-corrected chi connectivity index (χ4v) is 2.62. The van der Waals surface area contributed by atoms with Gasteiger partial charge in [-0.15, -0.1) is 0 Å². The molecule has 0 spiro atoms. The third kappa shape index (κ3) is 3.35. The van der Waals surface area contributed by atoms with E-state index in [-0.39, 0.29) is 0 Å². The topological polar surface area (TPSA) is 44.3 Å². The highest BCUT2D eigenvalue weighted by molar-refractivity contribution is 5.50. The molecule has 0 amide bonds. The zero-order valence-electron chi connectivity index (χ0n) is 12.3. The van der Waals surface area contributed by atoms with Gasteiger partial charge in [-0.1, -0.05) is 0 Å². The van der Waals surface area contributed by atoms with Crippen molar-refractivity contribution < 1.29 is 0 Å². The molecule has 1 aromatic rings. The number of aromatic nitrogens is 2. The summed E-state index contributed by atoms with van der Waals surface area (Å²) in [5, 5.41) is 3.29. The van der Waals surface area contributed by atoms with E-state index in [0.717, 1.165) is 31.3 Å². The van der Waals surface area contributed by atoms with E-state index in [0.29, 0.717) is 6.04 Å². The lowest BCUT2D eigenvalue weighted by atomic mass is 10.0. The number of piperidine rings is 1. The Bertz CT molecular complexity index is 393. The zero-order chi connectivity index (χ0) is 13.7. The summed E-state index contributed by atoms with van der Waals surface area (Å²) in [6, 6.07) is 2.66. The quantitative estimate of drug-likeness (QED) is 0.872. The van der Waals surface area contributed by atoms with Crippen LogP contribution in [0.5, 0.6) is 0 Å². The minimum atomic E-state index is 0.549. The molecule has 1 saturated heterocycles. The molecule has 19 heavy (non-hydrogen) atoms. The maximum atomic E-state index is 4.47. The Morgan fingerprint density at radius 3 is 3.00 bits per heavy atom. The lowest BCUT2D eigenvalue weighted by molar-refractivity contribution is 0.443. The lowest BCUT2D eigenvalue weighted by Gasteiger charge is -2.36. The molecule has 2 rings (SSSR count). The van der Waals surface area contributed by atoms with Gasteiger partial charge in [0.1, 0.15) is 18.0 Å². The molecule has 0 bridgehead atoms. The van der Waals surface area contributed by atoms with Crippen LogP contribution in [0.1, 0.15) is 26.2 Å². The molecule has 5 nitrogen and oxygen atoms in total. The molecular formula is C14H25N5. The second-order valence-corrected chi connectivity index (χ2v) is 5.15. The predicted octanol–water partition coefficient (Wildman–Crippen LogP) is 1.51. The van der Waals surface area contributed by atoms with Crippen molar-refractivity contribution in [3.05, 3.63) is 12.4 Å². The van der Waals surface area contributed by atoms with Gasteiger partial charge in [-0.2, -0.15) is 0 Å². The van der Waals surface area contributed by atoms with Crippen LogP contribution >= 0.6 is 0 Å². The number of hydrogen-bond donors (Lipinski definition) is 1. The maximum Gasteiger partial charge on any atom is 0.134 e. The Kier molecular flexibility index (Phi) is 4.96. The first-order valence-corrected chi connectivity index (χ1v) is 7.20. The van der Waals surface area contributed by atoms with Crippen LogP contribution in [-0.4, -0.2) is 49.7 Å². The van der Waals surface area contributed by atoms with Crippen molar-refractivity contribution in [2.24, 2.45) is 0 Å². The number of nitrogens with zero attached hydrogens (tertiary/aromatic N) is 4. The van der Waals surface area contributed by atoms with Crippen LogP contribution in [0.25, 0.3) is 0 Å². The van der Waals surface area contributed by atoms with Gasteiger partial charge in [0.15, 0.2) is 0 Å².